The average molecular weight is 401 g/mol. The molecule has 0 unspecified atom stereocenters. The van der Waals surface area contributed by atoms with Crippen LogP contribution in [0.3, 0.4) is 0 Å². The minimum atomic E-state index is -4.15. The van der Waals surface area contributed by atoms with E-state index >= 15 is 0 Å². The Morgan fingerprint density at radius 1 is 1.19 bits per heavy atom. The van der Waals surface area contributed by atoms with Crippen molar-refractivity contribution in [3.63, 3.8) is 0 Å². The molecule has 0 atom stereocenters. The summed E-state index contributed by atoms with van der Waals surface area (Å²) in [5.41, 5.74) is 0.827. The van der Waals surface area contributed by atoms with E-state index in [1.807, 2.05) is 4.72 Å². The normalized spacial score (nSPS) is 11.0. The van der Waals surface area contributed by atoms with Gasteiger partial charge in [-0.15, -0.1) is 0 Å². The fourth-order valence-electron chi connectivity index (χ4n) is 2.49. The van der Waals surface area contributed by atoms with Crippen LogP contribution in [0.1, 0.15) is 16.1 Å². The molecule has 0 radical (unpaired) electrons. The molecule has 1 amide bonds. The molecule has 3 rings (SSSR count). The van der Waals surface area contributed by atoms with E-state index in [0.29, 0.717) is 17.0 Å². The topological polar surface area (TPSA) is 105 Å². The molecule has 0 aliphatic rings. The van der Waals surface area contributed by atoms with Crippen molar-refractivity contribution in [3.8, 4) is 17.5 Å². The Kier molecular flexibility index (Phi) is 4.99. The highest BCUT2D eigenvalue weighted by atomic mass is 35.5. The van der Waals surface area contributed by atoms with Gasteiger partial charge >= 0.3 is 0 Å². The summed E-state index contributed by atoms with van der Waals surface area (Å²) >= 11 is 5.90. The number of carbonyl (C=O) groups excluding carboxylic acids is 1. The zero-order valence-corrected chi connectivity index (χ0v) is 15.6. The highest BCUT2D eigenvalue weighted by molar-refractivity contribution is 7.90. The summed E-state index contributed by atoms with van der Waals surface area (Å²) in [6, 6.07) is 14.6. The van der Waals surface area contributed by atoms with Crippen LogP contribution in [0.2, 0.25) is 5.02 Å². The number of carbonyl (C=O) groups is 1. The maximum atomic E-state index is 12.4. The molecule has 1 aromatic heterocycles. The third-order valence-electron chi connectivity index (χ3n) is 3.75. The van der Waals surface area contributed by atoms with Gasteiger partial charge in [0.1, 0.15) is 16.4 Å². The van der Waals surface area contributed by atoms with Crippen molar-refractivity contribution in [2.75, 3.05) is 0 Å². The molecule has 0 spiro atoms. The van der Waals surface area contributed by atoms with Crippen LogP contribution < -0.4 is 4.72 Å². The summed E-state index contributed by atoms with van der Waals surface area (Å²) in [5, 5.41) is 9.24. The molecule has 0 fully saturated rings. The van der Waals surface area contributed by atoms with Gasteiger partial charge in [0.05, 0.1) is 16.7 Å². The zero-order valence-electron chi connectivity index (χ0n) is 14.0. The molecular weight excluding hydrogens is 388 g/mol. The predicted octanol–water partition coefficient (Wildman–Crippen LogP) is 2.73. The van der Waals surface area contributed by atoms with Gasteiger partial charge in [0.25, 0.3) is 15.9 Å². The molecule has 0 aliphatic heterocycles. The fourth-order valence-corrected chi connectivity index (χ4v) is 3.98. The molecule has 0 bridgehead atoms. The third-order valence-corrected chi connectivity index (χ3v) is 5.58. The number of halogens is 1. The maximum absolute atomic E-state index is 12.4. The first-order chi connectivity index (χ1) is 12.8. The minimum Gasteiger partial charge on any atom is -0.333 e. The first-order valence-corrected chi connectivity index (χ1v) is 9.54. The zero-order chi connectivity index (χ0) is 19.6. The highest BCUT2D eigenvalue weighted by Crippen LogP contribution is 2.23. The molecular formula is C18H13ClN4O3S. The van der Waals surface area contributed by atoms with E-state index < -0.39 is 15.9 Å². The van der Waals surface area contributed by atoms with Crippen LogP contribution in [-0.2, 0) is 17.1 Å². The van der Waals surface area contributed by atoms with Gasteiger partial charge in [-0.1, -0.05) is 35.9 Å². The minimum absolute atomic E-state index is 0.00228. The summed E-state index contributed by atoms with van der Waals surface area (Å²) < 4.78 is 28.3. The van der Waals surface area contributed by atoms with Gasteiger partial charge in [0.2, 0.25) is 0 Å². The molecule has 3 aromatic rings. The summed E-state index contributed by atoms with van der Waals surface area (Å²) in [5.74, 6) is -0.529. The quantitative estimate of drug-likeness (QED) is 0.724. The molecule has 1 N–H and O–H groups in total. The van der Waals surface area contributed by atoms with Crippen LogP contribution in [0, 0.1) is 11.3 Å². The van der Waals surface area contributed by atoms with Crippen LogP contribution in [0.15, 0.2) is 59.6 Å². The lowest BCUT2D eigenvalue weighted by Gasteiger charge is -2.06. The standard InChI is InChI=1S/C18H13ClN4O3S/c1-23-11-15(21-17(23)13-7-3-2-6-12(13)10-20)18(24)22-27(25,26)16-9-5-4-8-14(16)19/h2-9,11H,1H3,(H,22,24). The first-order valence-electron chi connectivity index (χ1n) is 7.68. The van der Waals surface area contributed by atoms with Crippen molar-refractivity contribution < 1.29 is 13.2 Å². The van der Waals surface area contributed by atoms with Crippen molar-refractivity contribution in [2.24, 2.45) is 7.05 Å². The number of nitrogens with one attached hydrogen (secondary N) is 1. The molecule has 136 valence electrons. The number of hydrogen-bond donors (Lipinski definition) is 1. The molecule has 0 saturated heterocycles. The Balaban J connectivity index is 1.94. The molecule has 0 saturated carbocycles. The maximum Gasteiger partial charge on any atom is 0.285 e. The first kappa shape index (κ1) is 18.6. The van der Waals surface area contributed by atoms with Crippen molar-refractivity contribution in [1.82, 2.24) is 14.3 Å². The van der Waals surface area contributed by atoms with Gasteiger partial charge in [-0.25, -0.2) is 18.1 Å². The van der Waals surface area contributed by atoms with Crippen LogP contribution in [0.4, 0.5) is 0 Å². The Hall–Kier alpha value is -3.15. The van der Waals surface area contributed by atoms with E-state index in [9.17, 15) is 18.5 Å². The lowest BCUT2D eigenvalue weighted by molar-refractivity contribution is 0.0977. The number of sulfonamides is 1. The molecule has 9 heteroatoms. The predicted molar refractivity (Wildman–Crippen MR) is 99.5 cm³/mol. The lowest BCUT2D eigenvalue weighted by atomic mass is 10.1. The van der Waals surface area contributed by atoms with Gasteiger partial charge < -0.3 is 4.57 Å². The summed E-state index contributed by atoms with van der Waals surface area (Å²) in [6.07, 6.45) is 1.39. The van der Waals surface area contributed by atoms with Crippen LogP contribution in [0.5, 0.6) is 0 Å². The molecule has 7 nitrogen and oxygen atoms in total. The second-order valence-electron chi connectivity index (χ2n) is 5.58. The Bertz CT molecular complexity index is 1180. The van der Waals surface area contributed by atoms with Crippen molar-refractivity contribution in [2.45, 2.75) is 4.90 Å². The van der Waals surface area contributed by atoms with E-state index in [1.165, 1.54) is 24.4 Å². The van der Waals surface area contributed by atoms with Gasteiger partial charge in [-0.3, -0.25) is 4.79 Å². The third kappa shape index (κ3) is 3.69. The second-order valence-corrected chi connectivity index (χ2v) is 7.64. The number of nitrogens with zero attached hydrogens (tertiary/aromatic N) is 3. The molecule has 0 aliphatic carbocycles. The average Bonchev–Trinajstić information content (AvgIpc) is 3.03. The van der Waals surface area contributed by atoms with Gasteiger partial charge in [0.15, 0.2) is 0 Å². The van der Waals surface area contributed by atoms with Gasteiger partial charge in [-0.05, 0) is 24.3 Å². The SMILES string of the molecule is Cn1cc(C(=O)NS(=O)(=O)c2ccccc2Cl)nc1-c1ccccc1C#N. The van der Waals surface area contributed by atoms with E-state index in [2.05, 4.69) is 11.1 Å². The number of benzene rings is 2. The monoisotopic (exact) mass is 400 g/mol. The highest BCUT2D eigenvalue weighted by Gasteiger charge is 2.23. The largest absolute Gasteiger partial charge is 0.333 e. The van der Waals surface area contributed by atoms with E-state index in [1.54, 1.807) is 41.9 Å². The number of nitriles is 1. The van der Waals surface area contributed by atoms with Crippen molar-refractivity contribution in [1.29, 1.82) is 5.26 Å². The number of aryl methyl sites for hydroxylation is 1. The Morgan fingerprint density at radius 2 is 1.85 bits per heavy atom. The second kappa shape index (κ2) is 7.23. The van der Waals surface area contributed by atoms with Gasteiger partial charge in [0, 0.05) is 18.8 Å². The molecule has 2 aromatic carbocycles. The van der Waals surface area contributed by atoms with E-state index in [-0.39, 0.29) is 15.6 Å². The number of amides is 1. The smallest absolute Gasteiger partial charge is 0.285 e. The van der Waals surface area contributed by atoms with Gasteiger partial charge in [-0.2, -0.15) is 5.26 Å². The van der Waals surface area contributed by atoms with Crippen molar-refractivity contribution >= 4 is 27.5 Å². The Labute approximate surface area is 160 Å². The fraction of sp³-hybridized carbons (Fsp3) is 0.0556. The summed E-state index contributed by atoms with van der Waals surface area (Å²) in [7, 11) is -2.50. The molecule has 27 heavy (non-hydrogen) atoms. The number of imidazole rings is 1. The summed E-state index contributed by atoms with van der Waals surface area (Å²) in [6.45, 7) is 0. The molecule has 1 heterocycles. The Morgan fingerprint density at radius 3 is 2.56 bits per heavy atom. The number of hydrogen-bond acceptors (Lipinski definition) is 5. The lowest BCUT2D eigenvalue weighted by Crippen LogP contribution is -2.31. The van der Waals surface area contributed by atoms with Crippen LogP contribution in [-0.4, -0.2) is 23.9 Å². The van der Waals surface area contributed by atoms with E-state index in [4.69, 9.17) is 11.6 Å². The van der Waals surface area contributed by atoms with Crippen LogP contribution in [0.25, 0.3) is 11.4 Å². The van der Waals surface area contributed by atoms with E-state index in [0.717, 1.165) is 0 Å². The summed E-state index contributed by atoms with van der Waals surface area (Å²) in [4.78, 5) is 16.4. The van der Waals surface area contributed by atoms with Crippen LogP contribution >= 0.6 is 11.6 Å². The number of rotatable bonds is 4. The van der Waals surface area contributed by atoms with Crippen molar-refractivity contribution in [3.05, 3.63) is 71.0 Å². The number of aromatic nitrogens is 2.